The first kappa shape index (κ1) is 12.5. The molecule has 0 bridgehead atoms. The molecule has 0 spiro atoms. The van der Waals surface area contributed by atoms with E-state index in [4.69, 9.17) is 5.11 Å². The van der Waals surface area contributed by atoms with Crippen molar-refractivity contribution in [2.24, 2.45) is 5.92 Å². The molecule has 1 rings (SSSR count). The Kier molecular flexibility index (Phi) is 4.58. The lowest BCUT2D eigenvalue weighted by molar-refractivity contribution is -0.144. The molecule has 3 heteroatoms. The Bertz CT molecular complexity index is 212. The summed E-state index contributed by atoms with van der Waals surface area (Å²) in [6.45, 7) is 4.55. The molecule has 0 aromatic rings. The number of aliphatic carboxylic acids is 1. The van der Waals surface area contributed by atoms with E-state index in [1.165, 1.54) is 32.1 Å². The van der Waals surface area contributed by atoms with E-state index < -0.39 is 11.5 Å². The first-order chi connectivity index (χ1) is 7.08. The van der Waals surface area contributed by atoms with Gasteiger partial charge in [-0.3, -0.25) is 4.79 Å². The topological polar surface area (TPSA) is 49.3 Å². The molecular weight excluding hydrogens is 190 g/mol. The third kappa shape index (κ3) is 3.49. The molecule has 88 valence electrons. The van der Waals surface area contributed by atoms with Crippen LogP contribution < -0.4 is 5.32 Å². The fourth-order valence-electron chi connectivity index (χ4n) is 2.11. The van der Waals surface area contributed by atoms with Gasteiger partial charge in [0, 0.05) is 0 Å². The van der Waals surface area contributed by atoms with Crippen molar-refractivity contribution in [3.63, 3.8) is 0 Å². The molecule has 0 heterocycles. The molecule has 0 aromatic carbocycles. The Balaban J connectivity index is 2.36. The largest absolute Gasteiger partial charge is 0.480 e. The number of hydrogen-bond acceptors (Lipinski definition) is 2. The second kappa shape index (κ2) is 5.50. The average Bonchev–Trinajstić information content (AvgIpc) is 2.27. The molecule has 1 unspecified atom stereocenters. The molecule has 0 radical (unpaired) electrons. The minimum atomic E-state index is -0.739. The van der Waals surface area contributed by atoms with Crippen LogP contribution in [0.4, 0.5) is 0 Å². The van der Waals surface area contributed by atoms with E-state index >= 15 is 0 Å². The Morgan fingerprint density at radius 2 is 2.00 bits per heavy atom. The van der Waals surface area contributed by atoms with Gasteiger partial charge in [-0.15, -0.1) is 0 Å². The molecule has 3 nitrogen and oxygen atoms in total. The Hall–Kier alpha value is -0.570. The summed E-state index contributed by atoms with van der Waals surface area (Å²) in [6, 6.07) is 0. The zero-order chi connectivity index (χ0) is 11.3. The first-order valence-electron chi connectivity index (χ1n) is 6.07. The van der Waals surface area contributed by atoms with Crippen LogP contribution in [-0.4, -0.2) is 23.2 Å². The summed E-state index contributed by atoms with van der Waals surface area (Å²) in [5, 5.41) is 12.3. The minimum Gasteiger partial charge on any atom is -0.480 e. The van der Waals surface area contributed by atoms with Crippen LogP contribution in [-0.2, 0) is 4.79 Å². The number of nitrogens with one attached hydrogen (secondary N) is 1. The second-order valence-electron chi connectivity index (χ2n) is 4.88. The average molecular weight is 213 g/mol. The van der Waals surface area contributed by atoms with Gasteiger partial charge in [-0.25, -0.2) is 0 Å². The van der Waals surface area contributed by atoms with Gasteiger partial charge >= 0.3 is 5.97 Å². The highest BCUT2D eigenvalue weighted by Gasteiger charge is 2.31. The van der Waals surface area contributed by atoms with Gasteiger partial charge in [-0.2, -0.15) is 0 Å². The van der Waals surface area contributed by atoms with Crippen molar-refractivity contribution < 1.29 is 9.90 Å². The number of hydrogen-bond donors (Lipinski definition) is 2. The summed E-state index contributed by atoms with van der Waals surface area (Å²) in [4.78, 5) is 11.1. The SMILES string of the molecule is CCC(C)(NCC1CCCCC1)C(=O)O. The van der Waals surface area contributed by atoms with E-state index in [-0.39, 0.29) is 0 Å². The van der Waals surface area contributed by atoms with Crippen LogP contribution in [0.25, 0.3) is 0 Å². The van der Waals surface area contributed by atoms with Crippen LogP contribution in [0.2, 0.25) is 0 Å². The molecule has 1 aliphatic rings. The van der Waals surface area contributed by atoms with Crippen LogP contribution in [0.1, 0.15) is 52.4 Å². The van der Waals surface area contributed by atoms with Crippen molar-refractivity contribution in [1.29, 1.82) is 0 Å². The van der Waals surface area contributed by atoms with Gasteiger partial charge in [-0.05, 0) is 38.6 Å². The van der Waals surface area contributed by atoms with Gasteiger partial charge in [0.05, 0.1) is 0 Å². The summed E-state index contributed by atoms with van der Waals surface area (Å²) in [5.74, 6) is -0.0511. The standard InChI is InChI=1S/C12H23NO2/c1-3-12(2,11(14)15)13-9-10-7-5-4-6-8-10/h10,13H,3-9H2,1-2H3,(H,14,15). The Morgan fingerprint density at radius 1 is 1.40 bits per heavy atom. The highest BCUT2D eigenvalue weighted by atomic mass is 16.4. The highest BCUT2D eigenvalue weighted by molar-refractivity contribution is 5.78. The molecule has 1 fully saturated rings. The number of carbonyl (C=O) groups is 1. The van der Waals surface area contributed by atoms with Crippen molar-refractivity contribution >= 4 is 5.97 Å². The van der Waals surface area contributed by atoms with E-state index in [9.17, 15) is 4.79 Å². The Labute approximate surface area is 92.3 Å². The maximum absolute atomic E-state index is 11.1. The lowest BCUT2D eigenvalue weighted by Gasteiger charge is -2.29. The quantitative estimate of drug-likeness (QED) is 0.737. The fraction of sp³-hybridized carbons (Fsp3) is 0.917. The summed E-state index contributed by atoms with van der Waals surface area (Å²) >= 11 is 0. The molecule has 0 saturated heterocycles. The van der Waals surface area contributed by atoms with E-state index in [1.807, 2.05) is 6.92 Å². The minimum absolute atomic E-state index is 0.634. The van der Waals surface area contributed by atoms with Crippen LogP contribution >= 0.6 is 0 Å². The predicted molar refractivity (Wildman–Crippen MR) is 60.9 cm³/mol. The monoisotopic (exact) mass is 213 g/mol. The van der Waals surface area contributed by atoms with Gasteiger partial charge in [-0.1, -0.05) is 26.2 Å². The van der Waals surface area contributed by atoms with E-state index in [1.54, 1.807) is 6.92 Å². The summed E-state index contributed by atoms with van der Waals surface area (Å²) < 4.78 is 0. The fourth-order valence-corrected chi connectivity index (χ4v) is 2.11. The molecule has 0 amide bonds. The zero-order valence-electron chi connectivity index (χ0n) is 9.88. The van der Waals surface area contributed by atoms with Crippen LogP contribution in [0.15, 0.2) is 0 Å². The number of carboxylic acid groups (broad SMARTS) is 1. The first-order valence-corrected chi connectivity index (χ1v) is 6.07. The maximum Gasteiger partial charge on any atom is 0.323 e. The predicted octanol–water partition coefficient (Wildman–Crippen LogP) is 2.41. The van der Waals surface area contributed by atoms with E-state index in [0.29, 0.717) is 12.3 Å². The van der Waals surface area contributed by atoms with Gasteiger partial charge in [0.1, 0.15) is 5.54 Å². The van der Waals surface area contributed by atoms with Crippen LogP contribution in [0.5, 0.6) is 0 Å². The lowest BCUT2D eigenvalue weighted by Crippen LogP contribution is -2.50. The van der Waals surface area contributed by atoms with E-state index in [2.05, 4.69) is 5.32 Å². The smallest absolute Gasteiger partial charge is 0.323 e. The van der Waals surface area contributed by atoms with Gasteiger partial charge in [0.15, 0.2) is 0 Å². The summed E-state index contributed by atoms with van der Waals surface area (Å²) in [5.41, 5.74) is -0.739. The molecule has 2 N–H and O–H groups in total. The van der Waals surface area contributed by atoms with Crippen molar-refractivity contribution in [3.8, 4) is 0 Å². The molecule has 15 heavy (non-hydrogen) atoms. The summed E-state index contributed by atoms with van der Waals surface area (Å²) in [7, 11) is 0. The van der Waals surface area contributed by atoms with Crippen molar-refractivity contribution in [2.75, 3.05) is 6.54 Å². The maximum atomic E-state index is 11.1. The molecule has 1 atom stereocenters. The van der Waals surface area contributed by atoms with Crippen LogP contribution in [0, 0.1) is 5.92 Å². The van der Waals surface area contributed by atoms with Crippen LogP contribution in [0.3, 0.4) is 0 Å². The normalized spacial score (nSPS) is 22.3. The highest BCUT2D eigenvalue weighted by Crippen LogP contribution is 2.23. The molecule has 0 aliphatic heterocycles. The third-order valence-corrected chi connectivity index (χ3v) is 3.68. The third-order valence-electron chi connectivity index (χ3n) is 3.68. The second-order valence-corrected chi connectivity index (χ2v) is 4.88. The number of rotatable bonds is 5. The zero-order valence-corrected chi connectivity index (χ0v) is 9.88. The molecule has 1 aliphatic carbocycles. The molecule has 1 saturated carbocycles. The van der Waals surface area contributed by atoms with Crippen molar-refractivity contribution in [3.05, 3.63) is 0 Å². The van der Waals surface area contributed by atoms with Crippen molar-refractivity contribution in [1.82, 2.24) is 5.32 Å². The number of carboxylic acids is 1. The molecular formula is C12H23NO2. The summed E-state index contributed by atoms with van der Waals surface area (Å²) in [6.07, 6.45) is 7.11. The van der Waals surface area contributed by atoms with Crippen molar-refractivity contribution in [2.45, 2.75) is 57.9 Å². The lowest BCUT2D eigenvalue weighted by atomic mass is 9.88. The van der Waals surface area contributed by atoms with Gasteiger partial charge < -0.3 is 10.4 Å². The van der Waals surface area contributed by atoms with Gasteiger partial charge in [0.25, 0.3) is 0 Å². The van der Waals surface area contributed by atoms with E-state index in [0.717, 1.165) is 6.54 Å². The Morgan fingerprint density at radius 3 is 2.47 bits per heavy atom. The van der Waals surface area contributed by atoms with Gasteiger partial charge in [0.2, 0.25) is 0 Å². The molecule has 0 aromatic heterocycles.